The van der Waals surface area contributed by atoms with Crippen LogP contribution in [0.15, 0.2) is 18.2 Å². The molecule has 6 nitrogen and oxygen atoms in total. The van der Waals surface area contributed by atoms with Crippen LogP contribution in [-0.2, 0) is 9.84 Å². The molecule has 1 aliphatic carbocycles. The van der Waals surface area contributed by atoms with Crippen LogP contribution in [0.25, 0.3) is 0 Å². The first-order valence-electron chi connectivity index (χ1n) is 9.60. The normalized spacial score (nSPS) is 19.6. The second kappa shape index (κ2) is 7.70. The first-order valence-corrected chi connectivity index (χ1v) is 11.7. The molecule has 0 bridgehead atoms. The zero-order valence-corrected chi connectivity index (χ0v) is 17.3. The molecule has 0 atom stereocenters. The van der Waals surface area contributed by atoms with Gasteiger partial charge in [0.2, 0.25) is 0 Å². The van der Waals surface area contributed by atoms with E-state index in [0.717, 1.165) is 31.4 Å². The molecule has 150 valence electrons. The molecule has 3 rings (SSSR count). The lowest BCUT2D eigenvalue weighted by Crippen LogP contribution is -2.48. The van der Waals surface area contributed by atoms with Gasteiger partial charge < -0.3 is 15.0 Å². The Morgan fingerprint density at radius 3 is 2.44 bits per heavy atom. The van der Waals surface area contributed by atoms with Gasteiger partial charge in [0.05, 0.1) is 5.75 Å². The maximum absolute atomic E-state index is 12.4. The number of hydrogen-bond donors (Lipinski definition) is 1. The van der Waals surface area contributed by atoms with E-state index in [9.17, 15) is 13.2 Å². The summed E-state index contributed by atoms with van der Waals surface area (Å²) in [6, 6.07) is 6.03. The summed E-state index contributed by atoms with van der Waals surface area (Å²) >= 11 is 0. The topological polar surface area (TPSA) is 75.7 Å². The van der Waals surface area contributed by atoms with Gasteiger partial charge in [0.1, 0.15) is 21.7 Å². The Labute approximate surface area is 162 Å². The molecule has 2 fully saturated rings. The molecule has 0 unspecified atom stereocenters. The molecule has 7 heteroatoms. The van der Waals surface area contributed by atoms with Gasteiger partial charge in [-0.1, -0.05) is 6.07 Å². The zero-order valence-electron chi connectivity index (χ0n) is 16.5. The van der Waals surface area contributed by atoms with E-state index < -0.39 is 9.84 Å². The summed E-state index contributed by atoms with van der Waals surface area (Å²) in [5, 5.41) is 2.94. The van der Waals surface area contributed by atoms with Gasteiger partial charge in [-0.15, -0.1) is 0 Å². The molecule has 1 aliphatic heterocycles. The number of carbonyl (C=O) groups excluding carboxylic acids is 1. The maximum Gasteiger partial charge on any atom is 0.317 e. The molecule has 0 spiro atoms. The molecule has 1 aromatic carbocycles. The Bertz CT molecular complexity index is 794. The number of rotatable bonds is 6. The predicted octanol–water partition coefficient (Wildman–Crippen LogP) is 2.68. The summed E-state index contributed by atoms with van der Waals surface area (Å²) in [5.74, 6) is 1.05. The number of hydrogen-bond acceptors (Lipinski definition) is 4. The van der Waals surface area contributed by atoms with Crippen molar-refractivity contribution >= 4 is 15.9 Å². The summed E-state index contributed by atoms with van der Waals surface area (Å²) in [6.45, 7) is 5.91. The summed E-state index contributed by atoms with van der Waals surface area (Å²) in [5.41, 5.74) is 2.22. The number of carbonyl (C=O) groups is 1. The second-order valence-electron chi connectivity index (χ2n) is 8.28. The fraction of sp³-hybridized carbons (Fsp3) is 0.650. The van der Waals surface area contributed by atoms with Gasteiger partial charge >= 0.3 is 6.03 Å². The second-order valence-corrected chi connectivity index (χ2v) is 10.4. The van der Waals surface area contributed by atoms with Crippen molar-refractivity contribution in [1.82, 2.24) is 10.2 Å². The van der Waals surface area contributed by atoms with E-state index in [2.05, 4.69) is 31.3 Å². The van der Waals surface area contributed by atoms with Gasteiger partial charge in [-0.3, -0.25) is 0 Å². The first kappa shape index (κ1) is 20.0. The van der Waals surface area contributed by atoms with Crippen molar-refractivity contribution in [2.45, 2.75) is 45.6 Å². The molecule has 0 aromatic heterocycles. The highest BCUT2D eigenvalue weighted by Gasteiger charge is 2.45. The average molecular weight is 395 g/mol. The molecule has 1 saturated heterocycles. The van der Waals surface area contributed by atoms with E-state index in [1.54, 1.807) is 4.90 Å². The smallest absolute Gasteiger partial charge is 0.317 e. The van der Waals surface area contributed by atoms with Gasteiger partial charge in [0.15, 0.2) is 0 Å². The molecule has 1 heterocycles. The van der Waals surface area contributed by atoms with E-state index in [1.165, 1.54) is 17.4 Å². The van der Waals surface area contributed by atoms with E-state index in [4.69, 9.17) is 4.74 Å². The third kappa shape index (κ3) is 5.61. The standard InChI is InChI=1S/C20H30N2O4S/c1-15-4-5-18(12-16(15)2)26-17-6-10-22(11-7-17)19(23)21-13-20(8-9-20)14-27(3,24)25/h4-5,12,17H,6-11,13-14H2,1-3H3,(H,21,23). The number of nitrogens with one attached hydrogen (secondary N) is 1. The third-order valence-corrected chi connectivity index (χ3v) is 6.79. The number of benzene rings is 1. The SMILES string of the molecule is Cc1ccc(OC2CCN(C(=O)NCC3(CS(C)(=O)=O)CC3)CC2)cc1C. The van der Waals surface area contributed by atoms with Crippen molar-refractivity contribution < 1.29 is 17.9 Å². The highest BCUT2D eigenvalue weighted by atomic mass is 32.2. The molecule has 1 aromatic rings. The number of ether oxygens (including phenoxy) is 1. The highest BCUT2D eigenvalue weighted by molar-refractivity contribution is 7.90. The van der Waals surface area contributed by atoms with Crippen LogP contribution in [0.1, 0.15) is 36.8 Å². The van der Waals surface area contributed by atoms with Gasteiger partial charge in [-0.25, -0.2) is 13.2 Å². The van der Waals surface area contributed by atoms with Gasteiger partial charge in [-0.05, 0) is 49.9 Å². The van der Waals surface area contributed by atoms with Crippen molar-refractivity contribution in [2.24, 2.45) is 5.41 Å². The molecular formula is C20H30N2O4S. The van der Waals surface area contributed by atoms with Gasteiger partial charge in [0.25, 0.3) is 0 Å². The molecular weight excluding hydrogens is 364 g/mol. The van der Waals surface area contributed by atoms with Crippen LogP contribution < -0.4 is 10.1 Å². The number of urea groups is 1. The number of sulfone groups is 1. The van der Waals surface area contributed by atoms with Crippen molar-refractivity contribution in [3.8, 4) is 5.75 Å². The van der Waals surface area contributed by atoms with Gasteiger partial charge in [-0.2, -0.15) is 0 Å². The largest absolute Gasteiger partial charge is 0.490 e. The fourth-order valence-corrected chi connectivity index (χ4v) is 5.14. The predicted molar refractivity (Wildman–Crippen MR) is 106 cm³/mol. The Morgan fingerprint density at radius 1 is 1.22 bits per heavy atom. The van der Waals surface area contributed by atoms with Gasteiger partial charge in [0, 0.05) is 44.1 Å². The first-order chi connectivity index (χ1) is 12.7. The lowest BCUT2D eigenvalue weighted by molar-refractivity contribution is 0.110. The molecule has 1 N–H and O–H groups in total. The van der Waals surface area contributed by atoms with E-state index in [-0.39, 0.29) is 23.3 Å². The Kier molecular flexibility index (Phi) is 5.70. The number of amides is 2. The Morgan fingerprint density at radius 2 is 1.89 bits per heavy atom. The van der Waals surface area contributed by atoms with Crippen LogP contribution in [0.2, 0.25) is 0 Å². The number of nitrogens with zero attached hydrogens (tertiary/aromatic N) is 1. The van der Waals surface area contributed by atoms with Crippen molar-refractivity contribution in [2.75, 3.05) is 31.6 Å². The summed E-state index contributed by atoms with van der Waals surface area (Å²) in [6.07, 6.45) is 4.72. The molecule has 2 aliphatic rings. The quantitative estimate of drug-likeness (QED) is 0.805. The highest BCUT2D eigenvalue weighted by Crippen LogP contribution is 2.46. The summed E-state index contributed by atoms with van der Waals surface area (Å²) < 4.78 is 29.1. The van der Waals surface area contributed by atoms with Crippen LogP contribution in [0, 0.1) is 19.3 Å². The van der Waals surface area contributed by atoms with Crippen molar-refractivity contribution in [3.05, 3.63) is 29.3 Å². The van der Waals surface area contributed by atoms with Crippen LogP contribution in [0.4, 0.5) is 4.79 Å². The Balaban J connectivity index is 1.43. The van der Waals surface area contributed by atoms with Crippen LogP contribution >= 0.6 is 0 Å². The summed E-state index contributed by atoms with van der Waals surface area (Å²) in [7, 11) is -3.02. The minimum atomic E-state index is -3.02. The third-order valence-electron chi connectivity index (χ3n) is 5.65. The van der Waals surface area contributed by atoms with E-state index >= 15 is 0 Å². The van der Waals surface area contributed by atoms with Crippen LogP contribution in [0.3, 0.4) is 0 Å². The van der Waals surface area contributed by atoms with Crippen molar-refractivity contribution in [1.29, 1.82) is 0 Å². The summed E-state index contributed by atoms with van der Waals surface area (Å²) in [4.78, 5) is 14.2. The lowest BCUT2D eigenvalue weighted by Gasteiger charge is -2.32. The molecule has 0 radical (unpaired) electrons. The minimum absolute atomic E-state index is 0.0978. The fourth-order valence-electron chi connectivity index (χ4n) is 3.64. The Hall–Kier alpha value is -1.76. The van der Waals surface area contributed by atoms with Crippen LogP contribution in [0.5, 0.6) is 5.75 Å². The van der Waals surface area contributed by atoms with E-state index in [1.807, 2.05) is 6.07 Å². The zero-order chi connectivity index (χ0) is 19.7. The maximum atomic E-state index is 12.4. The monoisotopic (exact) mass is 394 g/mol. The number of aryl methyl sites for hydroxylation is 2. The average Bonchev–Trinajstić information content (AvgIpc) is 3.34. The molecule has 27 heavy (non-hydrogen) atoms. The molecule has 1 saturated carbocycles. The number of likely N-dealkylation sites (tertiary alicyclic amines) is 1. The van der Waals surface area contributed by atoms with E-state index in [0.29, 0.717) is 19.6 Å². The number of piperidine rings is 1. The lowest BCUT2D eigenvalue weighted by atomic mass is 10.1. The van der Waals surface area contributed by atoms with Crippen LogP contribution in [-0.4, -0.2) is 57.1 Å². The van der Waals surface area contributed by atoms with Crippen molar-refractivity contribution in [3.63, 3.8) is 0 Å². The molecule has 2 amide bonds. The minimum Gasteiger partial charge on any atom is -0.490 e.